The minimum Gasteiger partial charge on any atom is -0.496 e. The number of para-hydroxylation sites is 1. The molecule has 1 aromatic rings. The van der Waals surface area contributed by atoms with Gasteiger partial charge >= 0.3 is 12.1 Å². The van der Waals surface area contributed by atoms with Crippen LogP contribution in [-0.4, -0.2) is 19.3 Å². The zero-order chi connectivity index (χ0) is 18.1. The summed E-state index contributed by atoms with van der Waals surface area (Å²) in [5, 5.41) is -1.21. The quantitative estimate of drug-likeness (QED) is 0.712. The van der Waals surface area contributed by atoms with Gasteiger partial charge < -0.3 is 9.47 Å². The fourth-order valence-electron chi connectivity index (χ4n) is 2.75. The average Bonchev–Trinajstić information content (AvgIpc) is 3.05. The number of carbonyl (C=O) groups is 1. The molecule has 0 N–H and O–H groups in total. The van der Waals surface area contributed by atoms with Gasteiger partial charge in [-0.25, -0.2) is 0 Å². The van der Waals surface area contributed by atoms with Gasteiger partial charge in [-0.15, -0.1) is 0 Å². The van der Waals surface area contributed by atoms with Crippen LogP contribution in [-0.2, 0) is 16.1 Å². The van der Waals surface area contributed by atoms with Crippen LogP contribution in [0.1, 0.15) is 19.4 Å². The second-order valence-corrected chi connectivity index (χ2v) is 6.66. The Balaban J connectivity index is 2.03. The van der Waals surface area contributed by atoms with E-state index in [0.29, 0.717) is 11.3 Å². The predicted octanol–water partition coefficient (Wildman–Crippen LogP) is 4.70. The topological polar surface area (TPSA) is 35.5 Å². The summed E-state index contributed by atoms with van der Waals surface area (Å²) in [6.45, 7) is 3.42. The largest absolute Gasteiger partial charge is 0.496 e. The van der Waals surface area contributed by atoms with Gasteiger partial charge in [0.2, 0.25) is 0 Å². The summed E-state index contributed by atoms with van der Waals surface area (Å²) in [5.74, 6) is -1.21. The van der Waals surface area contributed by atoms with E-state index < -0.39 is 34.4 Å². The predicted molar refractivity (Wildman–Crippen MR) is 83.5 cm³/mol. The third-order valence-electron chi connectivity index (χ3n) is 4.32. The smallest absolute Gasteiger partial charge is 0.426 e. The minimum atomic E-state index is -4.61. The second kappa shape index (κ2) is 6.67. The number of halogens is 4. The van der Waals surface area contributed by atoms with E-state index in [2.05, 4.69) is 0 Å². The van der Waals surface area contributed by atoms with Crippen molar-refractivity contribution in [3.05, 3.63) is 40.9 Å². The molecule has 1 aliphatic carbocycles. The van der Waals surface area contributed by atoms with Gasteiger partial charge in [-0.3, -0.25) is 4.79 Å². The van der Waals surface area contributed by atoms with Crippen molar-refractivity contribution in [1.29, 1.82) is 0 Å². The van der Waals surface area contributed by atoms with E-state index in [9.17, 15) is 18.0 Å². The summed E-state index contributed by atoms with van der Waals surface area (Å²) < 4.78 is 48.0. The molecule has 0 spiro atoms. The fraction of sp³-hybridized carbons (Fsp3) is 0.471. The molecular formula is C17H18ClF3O3. The van der Waals surface area contributed by atoms with Crippen LogP contribution >= 0.6 is 11.6 Å². The fourth-order valence-corrected chi connectivity index (χ4v) is 2.89. The molecule has 0 amide bonds. The van der Waals surface area contributed by atoms with E-state index in [1.165, 1.54) is 7.11 Å². The molecule has 2 atom stereocenters. The molecule has 0 heterocycles. The molecule has 24 heavy (non-hydrogen) atoms. The zero-order valence-corrected chi connectivity index (χ0v) is 14.2. The number of hydrogen-bond donors (Lipinski definition) is 0. The summed E-state index contributed by atoms with van der Waals surface area (Å²) in [7, 11) is 1.50. The van der Waals surface area contributed by atoms with Gasteiger partial charge in [0.05, 0.1) is 13.0 Å². The number of ether oxygens (including phenoxy) is 2. The van der Waals surface area contributed by atoms with E-state index in [4.69, 9.17) is 21.1 Å². The highest BCUT2D eigenvalue weighted by Crippen LogP contribution is 2.60. The Bertz CT molecular complexity index is 653. The maximum Gasteiger partial charge on any atom is 0.426 e. The first-order chi connectivity index (χ1) is 11.1. The Morgan fingerprint density at radius 2 is 1.96 bits per heavy atom. The van der Waals surface area contributed by atoms with Crippen molar-refractivity contribution in [2.45, 2.75) is 26.6 Å². The van der Waals surface area contributed by atoms with E-state index in [1.807, 2.05) is 0 Å². The Hall–Kier alpha value is -1.69. The highest BCUT2D eigenvalue weighted by Gasteiger charge is 2.62. The summed E-state index contributed by atoms with van der Waals surface area (Å²) >= 11 is 5.27. The molecule has 0 radical (unpaired) electrons. The van der Waals surface area contributed by atoms with Crippen molar-refractivity contribution in [3.8, 4) is 5.75 Å². The molecule has 0 aliphatic heterocycles. The first kappa shape index (κ1) is 18.6. The lowest BCUT2D eigenvalue weighted by Crippen LogP contribution is -2.11. The number of hydrogen-bond acceptors (Lipinski definition) is 3. The van der Waals surface area contributed by atoms with Gasteiger partial charge in [0.1, 0.15) is 17.4 Å². The standard InChI is InChI=1S/C17H18ClF3O3/c1-16(2)11(8-13(18)17(19,20)21)14(16)15(22)24-9-10-6-4-5-7-12(10)23-3/h4-8,11,14H,9H2,1-3H3/b13-8-/t11-,14-/m1/s1. The molecule has 1 fully saturated rings. The monoisotopic (exact) mass is 362 g/mol. The zero-order valence-electron chi connectivity index (χ0n) is 13.5. The number of benzene rings is 1. The van der Waals surface area contributed by atoms with Crippen LogP contribution in [0.5, 0.6) is 5.75 Å². The molecule has 132 valence electrons. The molecule has 3 nitrogen and oxygen atoms in total. The van der Waals surface area contributed by atoms with Gasteiger partial charge in [-0.1, -0.05) is 49.7 Å². The maximum atomic E-state index is 12.5. The Morgan fingerprint density at radius 1 is 1.33 bits per heavy atom. The molecule has 0 bridgehead atoms. The molecule has 0 unspecified atom stereocenters. The van der Waals surface area contributed by atoms with Gasteiger partial charge in [0.25, 0.3) is 0 Å². The van der Waals surface area contributed by atoms with Crippen LogP contribution in [0.2, 0.25) is 0 Å². The van der Waals surface area contributed by atoms with Crippen molar-refractivity contribution >= 4 is 17.6 Å². The summed E-state index contributed by atoms with van der Waals surface area (Å²) in [5.41, 5.74) is 0.0655. The van der Waals surface area contributed by atoms with Gasteiger partial charge in [-0.2, -0.15) is 13.2 Å². The van der Waals surface area contributed by atoms with Gasteiger partial charge in [0.15, 0.2) is 0 Å². The van der Waals surface area contributed by atoms with E-state index in [-0.39, 0.29) is 6.61 Å². The first-order valence-corrected chi connectivity index (χ1v) is 7.70. The van der Waals surface area contributed by atoms with Crippen molar-refractivity contribution in [2.24, 2.45) is 17.3 Å². The van der Waals surface area contributed by atoms with Crippen LogP contribution < -0.4 is 4.74 Å². The average molecular weight is 363 g/mol. The summed E-state index contributed by atoms with van der Waals surface area (Å²) in [4.78, 5) is 12.2. The summed E-state index contributed by atoms with van der Waals surface area (Å²) in [6.07, 6.45) is -3.71. The molecule has 2 rings (SSSR count). The summed E-state index contributed by atoms with van der Waals surface area (Å²) in [6, 6.07) is 7.05. The second-order valence-electron chi connectivity index (χ2n) is 6.26. The number of esters is 1. The molecule has 0 saturated heterocycles. The Morgan fingerprint density at radius 3 is 2.54 bits per heavy atom. The number of methoxy groups -OCH3 is 1. The molecule has 1 aromatic carbocycles. The van der Waals surface area contributed by atoms with Crippen molar-refractivity contribution in [1.82, 2.24) is 0 Å². The molecule has 7 heteroatoms. The van der Waals surface area contributed by atoms with Crippen LogP contribution in [0.3, 0.4) is 0 Å². The van der Waals surface area contributed by atoms with Crippen LogP contribution in [0.15, 0.2) is 35.4 Å². The van der Waals surface area contributed by atoms with Crippen LogP contribution in [0.4, 0.5) is 13.2 Å². The highest BCUT2D eigenvalue weighted by atomic mass is 35.5. The third kappa shape index (κ3) is 3.86. The first-order valence-electron chi connectivity index (χ1n) is 7.32. The minimum absolute atomic E-state index is 0.00113. The molecule has 1 saturated carbocycles. The molecule has 1 aliphatic rings. The third-order valence-corrected chi connectivity index (χ3v) is 4.66. The number of rotatable bonds is 5. The lowest BCUT2D eigenvalue weighted by molar-refractivity contribution is -0.147. The lowest BCUT2D eigenvalue weighted by Gasteiger charge is -2.09. The van der Waals surface area contributed by atoms with E-state index in [0.717, 1.165) is 6.08 Å². The van der Waals surface area contributed by atoms with Crippen LogP contribution in [0.25, 0.3) is 0 Å². The molecule has 0 aromatic heterocycles. The molecular weight excluding hydrogens is 345 g/mol. The van der Waals surface area contributed by atoms with Gasteiger partial charge in [-0.05, 0) is 17.4 Å². The van der Waals surface area contributed by atoms with E-state index in [1.54, 1.807) is 38.1 Å². The Kier molecular flexibility index (Phi) is 5.18. The van der Waals surface area contributed by atoms with Crippen LogP contribution in [0, 0.1) is 17.3 Å². The number of alkyl halides is 3. The Labute approximate surface area is 143 Å². The van der Waals surface area contributed by atoms with Crippen molar-refractivity contribution < 1.29 is 27.4 Å². The lowest BCUT2D eigenvalue weighted by atomic mass is 10.1. The maximum absolute atomic E-state index is 12.5. The highest BCUT2D eigenvalue weighted by molar-refractivity contribution is 6.30. The normalized spacial score (nSPS) is 22.9. The number of carbonyl (C=O) groups excluding carboxylic acids is 1. The van der Waals surface area contributed by atoms with Crippen molar-refractivity contribution in [2.75, 3.05) is 7.11 Å². The van der Waals surface area contributed by atoms with E-state index >= 15 is 0 Å². The number of allylic oxidation sites excluding steroid dienone is 2. The van der Waals surface area contributed by atoms with Gasteiger partial charge in [0, 0.05) is 5.56 Å². The SMILES string of the molecule is COc1ccccc1COC(=O)[C@H]1[C@@H](/C=C(\Cl)C(F)(F)F)C1(C)C. The van der Waals surface area contributed by atoms with Crippen molar-refractivity contribution in [3.63, 3.8) is 0 Å².